The zero-order chi connectivity index (χ0) is 5.21. The molecule has 3 heteroatoms. The molecule has 0 aromatic carbocycles. The molecule has 0 unspecified atom stereocenters. The molecular weight excluding hydrogens is 158 g/mol. The highest BCUT2D eigenvalue weighted by Gasteiger charge is 2.05. The van der Waals surface area contributed by atoms with Crippen LogP contribution in [-0.4, -0.2) is 5.60 Å². The molecule has 7 heavy (non-hydrogen) atoms. The minimum Gasteiger partial charge on any atom is -0.299 e. The van der Waals surface area contributed by atoms with Crippen LogP contribution < -0.4 is 5.90 Å². The maximum atomic E-state index is 4.81. The molecule has 0 radical (unpaired) electrons. The lowest BCUT2D eigenvalue weighted by atomic mass is 10.2. The van der Waals surface area contributed by atoms with Gasteiger partial charge in [0.2, 0.25) is 0 Å². The molecule has 0 aromatic heterocycles. The fraction of sp³-hybridized carbons (Fsp3) is 1.00. The first-order valence-corrected chi connectivity index (χ1v) is 1.94. The van der Waals surface area contributed by atoms with Gasteiger partial charge in [0.05, 0.1) is 5.60 Å². The molecule has 2 N–H and O–H groups in total. The summed E-state index contributed by atoms with van der Waals surface area (Å²) < 4.78 is 0. The van der Waals surface area contributed by atoms with Crippen molar-refractivity contribution in [2.24, 2.45) is 5.90 Å². The first-order chi connectivity index (χ1) is 2.56. The summed E-state index contributed by atoms with van der Waals surface area (Å²) in [4.78, 5) is 4.44. The summed E-state index contributed by atoms with van der Waals surface area (Å²) in [6.45, 7) is 5.69. The Morgan fingerprint density at radius 3 is 1.43 bits per heavy atom. The molecule has 0 heterocycles. The Hall–Kier alpha value is 0.400. The van der Waals surface area contributed by atoms with Crippen LogP contribution in [-0.2, 0) is 4.84 Å². The van der Waals surface area contributed by atoms with Crippen LogP contribution in [0.2, 0.25) is 0 Å². The molecule has 2 nitrogen and oxygen atoms in total. The van der Waals surface area contributed by atoms with E-state index in [9.17, 15) is 0 Å². The Morgan fingerprint density at radius 1 is 1.29 bits per heavy atom. The third kappa shape index (κ3) is 10.7. The Labute approximate surface area is 54.8 Å². The molecular formula is C4H12BrNO. The van der Waals surface area contributed by atoms with Crippen LogP contribution in [0.4, 0.5) is 0 Å². The summed E-state index contributed by atoms with van der Waals surface area (Å²) >= 11 is 0. The lowest BCUT2D eigenvalue weighted by Crippen LogP contribution is -2.22. The van der Waals surface area contributed by atoms with Crippen molar-refractivity contribution in [3.05, 3.63) is 0 Å². The van der Waals surface area contributed by atoms with Gasteiger partial charge in [-0.25, -0.2) is 5.90 Å². The second-order valence-electron chi connectivity index (χ2n) is 2.23. The summed E-state index contributed by atoms with van der Waals surface area (Å²) in [5.41, 5.74) is -0.181. The maximum absolute atomic E-state index is 4.81. The van der Waals surface area contributed by atoms with E-state index in [1.807, 2.05) is 20.8 Å². The predicted molar refractivity (Wildman–Crippen MR) is 35.3 cm³/mol. The molecule has 0 fully saturated rings. The van der Waals surface area contributed by atoms with E-state index in [0.717, 1.165) is 0 Å². The summed E-state index contributed by atoms with van der Waals surface area (Å²) in [6.07, 6.45) is 0. The van der Waals surface area contributed by atoms with Gasteiger partial charge < -0.3 is 0 Å². The largest absolute Gasteiger partial charge is 0.299 e. The van der Waals surface area contributed by atoms with Crippen LogP contribution in [0.5, 0.6) is 0 Å². The molecule has 0 amide bonds. The second kappa shape index (κ2) is 3.41. The fourth-order valence-corrected chi connectivity index (χ4v) is 0. The standard InChI is InChI=1S/C4H11NO.BrH/c1-4(2,3)6-5;/h5H2,1-3H3;1H. The minimum atomic E-state index is -0.181. The van der Waals surface area contributed by atoms with Crippen molar-refractivity contribution < 1.29 is 4.84 Å². The predicted octanol–water partition coefficient (Wildman–Crippen LogP) is 1.25. The van der Waals surface area contributed by atoms with Gasteiger partial charge in [0.15, 0.2) is 0 Å². The monoisotopic (exact) mass is 169 g/mol. The number of hydrogen-bond donors (Lipinski definition) is 1. The van der Waals surface area contributed by atoms with Crippen LogP contribution in [0.1, 0.15) is 20.8 Å². The molecule has 0 aliphatic rings. The van der Waals surface area contributed by atoms with E-state index in [1.54, 1.807) is 0 Å². The average Bonchev–Trinajstić information content (AvgIpc) is 1.35. The third-order valence-electron chi connectivity index (χ3n) is 0.354. The van der Waals surface area contributed by atoms with Crippen LogP contribution in [0.25, 0.3) is 0 Å². The van der Waals surface area contributed by atoms with Gasteiger partial charge in [-0.3, -0.25) is 4.84 Å². The van der Waals surface area contributed by atoms with Crippen LogP contribution >= 0.6 is 17.0 Å². The molecule has 0 atom stereocenters. The molecule has 0 aliphatic carbocycles. The highest BCUT2D eigenvalue weighted by Crippen LogP contribution is 2.00. The van der Waals surface area contributed by atoms with E-state index in [0.29, 0.717) is 0 Å². The van der Waals surface area contributed by atoms with Gasteiger partial charge in [-0.2, -0.15) is 0 Å². The number of rotatable bonds is 0. The van der Waals surface area contributed by atoms with Gasteiger partial charge in [0, 0.05) is 0 Å². The third-order valence-corrected chi connectivity index (χ3v) is 0.354. The van der Waals surface area contributed by atoms with Gasteiger partial charge in [-0.15, -0.1) is 17.0 Å². The minimum absolute atomic E-state index is 0. The number of halogens is 1. The van der Waals surface area contributed by atoms with Crippen molar-refractivity contribution in [1.29, 1.82) is 0 Å². The lowest BCUT2D eigenvalue weighted by Gasteiger charge is -2.12. The Kier molecular flexibility index (Phi) is 5.06. The highest BCUT2D eigenvalue weighted by molar-refractivity contribution is 8.93. The second-order valence-corrected chi connectivity index (χ2v) is 2.23. The molecule has 0 saturated heterocycles. The molecule has 0 bridgehead atoms. The topological polar surface area (TPSA) is 35.2 Å². The molecule has 46 valence electrons. The first-order valence-electron chi connectivity index (χ1n) is 1.94. The number of nitrogens with two attached hydrogens (primary N) is 1. The van der Waals surface area contributed by atoms with E-state index < -0.39 is 0 Å². The summed E-state index contributed by atoms with van der Waals surface area (Å²) in [7, 11) is 0. The molecule has 0 rings (SSSR count). The fourth-order valence-electron chi connectivity index (χ4n) is 0. The first kappa shape index (κ1) is 10.4. The Bertz CT molecular complexity index is 41.4. The normalized spacial score (nSPS) is 10.3. The molecule has 0 saturated carbocycles. The van der Waals surface area contributed by atoms with Crippen molar-refractivity contribution in [2.45, 2.75) is 26.4 Å². The smallest absolute Gasteiger partial charge is 0.0810 e. The van der Waals surface area contributed by atoms with E-state index >= 15 is 0 Å². The van der Waals surface area contributed by atoms with Crippen molar-refractivity contribution in [2.75, 3.05) is 0 Å². The van der Waals surface area contributed by atoms with Crippen molar-refractivity contribution >= 4 is 17.0 Å². The lowest BCUT2D eigenvalue weighted by molar-refractivity contribution is -0.00428. The van der Waals surface area contributed by atoms with Gasteiger partial charge in [-0.05, 0) is 20.8 Å². The van der Waals surface area contributed by atoms with Crippen molar-refractivity contribution in [3.8, 4) is 0 Å². The number of hydrogen-bond acceptors (Lipinski definition) is 2. The zero-order valence-corrected chi connectivity index (χ0v) is 6.61. The van der Waals surface area contributed by atoms with Crippen molar-refractivity contribution in [1.82, 2.24) is 0 Å². The Balaban J connectivity index is 0. The van der Waals surface area contributed by atoms with Crippen LogP contribution in [0.3, 0.4) is 0 Å². The van der Waals surface area contributed by atoms with Gasteiger partial charge in [-0.1, -0.05) is 0 Å². The average molecular weight is 170 g/mol. The van der Waals surface area contributed by atoms with Crippen LogP contribution in [0, 0.1) is 0 Å². The quantitative estimate of drug-likeness (QED) is 0.555. The van der Waals surface area contributed by atoms with E-state index in [1.165, 1.54) is 0 Å². The highest BCUT2D eigenvalue weighted by atomic mass is 79.9. The van der Waals surface area contributed by atoms with Crippen LogP contribution in [0.15, 0.2) is 0 Å². The van der Waals surface area contributed by atoms with Gasteiger partial charge >= 0.3 is 0 Å². The van der Waals surface area contributed by atoms with E-state index in [-0.39, 0.29) is 22.6 Å². The summed E-state index contributed by atoms with van der Waals surface area (Å²) in [5, 5.41) is 0. The SMILES string of the molecule is Br.CC(C)(C)ON. The summed E-state index contributed by atoms with van der Waals surface area (Å²) in [6, 6.07) is 0. The van der Waals surface area contributed by atoms with E-state index in [2.05, 4.69) is 4.84 Å². The van der Waals surface area contributed by atoms with Gasteiger partial charge in [0.1, 0.15) is 0 Å². The molecule has 0 aliphatic heterocycles. The van der Waals surface area contributed by atoms with Gasteiger partial charge in [0.25, 0.3) is 0 Å². The van der Waals surface area contributed by atoms with Crippen molar-refractivity contribution in [3.63, 3.8) is 0 Å². The Morgan fingerprint density at radius 2 is 1.43 bits per heavy atom. The molecule has 0 spiro atoms. The maximum Gasteiger partial charge on any atom is 0.0810 e. The molecule has 0 aromatic rings. The summed E-state index contributed by atoms with van der Waals surface area (Å²) in [5.74, 6) is 4.81. The zero-order valence-electron chi connectivity index (χ0n) is 4.89. The van der Waals surface area contributed by atoms with E-state index in [4.69, 9.17) is 5.90 Å².